The normalized spacial score (nSPS) is 11.1. The van der Waals surface area contributed by atoms with Crippen LogP contribution in [0.25, 0.3) is 0 Å². The lowest BCUT2D eigenvalue weighted by atomic mass is 9.98. The molecule has 0 nitrogen and oxygen atoms in total. The van der Waals surface area contributed by atoms with Crippen LogP contribution < -0.4 is 0 Å². The topological polar surface area (TPSA) is 0 Å². The van der Waals surface area contributed by atoms with E-state index in [2.05, 4.69) is 45.9 Å². The van der Waals surface area contributed by atoms with E-state index in [0.717, 1.165) is 6.42 Å². The molecular formula is C13H17. The molecule has 1 radical (unpaired) electrons. The molecule has 0 N–H and O–H groups in total. The molecule has 0 saturated heterocycles. The molecule has 0 aliphatic carbocycles. The first-order chi connectivity index (χ1) is 6.15. The van der Waals surface area contributed by atoms with Crippen LogP contribution in [0.15, 0.2) is 24.3 Å². The molecule has 0 saturated carbocycles. The Morgan fingerprint density at radius 1 is 1.23 bits per heavy atom. The van der Waals surface area contributed by atoms with E-state index in [1.807, 2.05) is 6.08 Å². The number of hydrogen-bond donors (Lipinski definition) is 0. The lowest BCUT2D eigenvalue weighted by Gasteiger charge is -2.08. The Labute approximate surface area is 81.3 Å². The molecule has 0 heterocycles. The van der Waals surface area contributed by atoms with Gasteiger partial charge >= 0.3 is 0 Å². The molecular weight excluding hydrogens is 156 g/mol. The second-order valence-electron chi connectivity index (χ2n) is 3.54. The summed E-state index contributed by atoms with van der Waals surface area (Å²) in [5.41, 5.74) is 5.55. The fraction of sp³-hybridized carbons (Fsp3) is 0.308. The van der Waals surface area contributed by atoms with Gasteiger partial charge in [0, 0.05) is 0 Å². The van der Waals surface area contributed by atoms with Crippen LogP contribution >= 0.6 is 0 Å². The number of aryl methyl sites for hydroxylation is 2. The minimum Gasteiger partial charge on any atom is -0.0879 e. The highest BCUT2D eigenvalue weighted by molar-refractivity contribution is 5.38. The van der Waals surface area contributed by atoms with Crippen molar-refractivity contribution >= 4 is 0 Å². The molecule has 0 heteroatoms. The van der Waals surface area contributed by atoms with Crippen LogP contribution in [0.5, 0.6) is 0 Å². The summed E-state index contributed by atoms with van der Waals surface area (Å²) in [6.07, 6.45) is 4.95. The second kappa shape index (κ2) is 4.27. The molecule has 13 heavy (non-hydrogen) atoms. The number of allylic oxidation sites excluding steroid dienone is 2. The zero-order chi connectivity index (χ0) is 9.84. The standard InChI is InChI=1S/C13H17/c1-5-6-7-13-9-10(2)8-11(3)12(13)4/h5-6,8-9H,1,7H2,2-4H3. The van der Waals surface area contributed by atoms with E-state index >= 15 is 0 Å². The monoisotopic (exact) mass is 173 g/mol. The zero-order valence-corrected chi connectivity index (χ0v) is 8.72. The average molecular weight is 173 g/mol. The molecule has 0 aliphatic rings. The van der Waals surface area contributed by atoms with E-state index in [1.165, 1.54) is 22.3 Å². The molecule has 0 unspecified atom stereocenters. The Morgan fingerprint density at radius 2 is 1.92 bits per heavy atom. The van der Waals surface area contributed by atoms with Gasteiger partial charge in [0.15, 0.2) is 0 Å². The van der Waals surface area contributed by atoms with Gasteiger partial charge in [-0.15, -0.1) is 0 Å². The minimum absolute atomic E-state index is 0.998. The van der Waals surface area contributed by atoms with Crippen molar-refractivity contribution in [3.63, 3.8) is 0 Å². The molecule has 1 aromatic rings. The fourth-order valence-corrected chi connectivity index (χ4v) is 1.55. The number of benzene rings is 1. The minimum atomic E-state index is 0.998. The van der Waals surface area contributed by atoms with Crippen LogP contribution in [-0.4, -0.2) is 0 Å². The van der Waals surface area contributed by atoms with Gasteiger partial charge in [-0.2, -0.15) is 0 Å². The summed E-state index contributed by atoms with van der Waals surface area (Å²) >= 11 is 0. The Morgan fingerprint density at radius 3 is 2.54 bits per heavy atom. The summed E-state index contributed by atoms with van der Waals surface area (Å²) < 4.78 is 0. The summed E-state index contributed by atoms with van der Waals surface area (Å²) in [5.74, 6) is 0. The lowest BCUT2D eigenvalue weighted by molar-refractivity contribution is 1.16. The fourth-order valence-electron chi connectivity index (χ4n) is 1.55. The van der Waals surface area contributed by atoms with Gasteiger partial charge in [-0.1, -0.05) is 29.8 Å². The van der Waals surface area contributed by atoms with Gasteiger partial charge in [0.2, 0.25) is 0 Å². The zero-order valence-electron chi connectivity index (χ0n) is 8.72. The van der Waals surface area contributed by atoms with Gasteiger partial charge in [-0.05, 0) is 50.8 Å². The van der Waals surface area contributed by atoms with Crippen LogP contribution in [-0.2, 0) is 6.42 Å². The van der Waals surface area contributed by atoms with Gasteiger partial charge in [-0.3, -0.25) is 0 Å². The van der Waals surface area contributed by atoms with Gasteiger partial charge < -0.3 is 0 Å². The van der Waals surface area contributed by atoms with E-state index in [1.54, 1.807) is 0 Å². The van der Waals surface area contributed by atoms with Crippen LogP contribution in [0.1, 0.15) is 22.3 Å². The molecule has 0 aliphatic heterocycles. The smallest absolute Gasteiger partial charge is 0.00946 e. The molecule has 69 valence electrons. The van der Waals surface area contributed by atoms with Gasteiger partial charge in [-0.25, -0.2) is 0 Å². The lowest BCUT2D eigenvalue weighted by Crippen LogP contribution is -1.92. The SMILES string of the molecule is [CH2]C=CCc1cc(C)cc(C)c1C. The van der Waals surface area contributed by atoms with Gasteiger partial charge in [0.1, 0.15) is 0 Å². The molecule has 0 fully saturated rings. The maximum Gasteiger partial charge on any atom is -0.00946 e. The highest BCUT2D eigenvalue weighted by Crippen LogP contribution is 2.16. The van der Waals surface area contributed by atoms with Crippen molar-refractivity contribution in [2.45, 2.75) is 27.2 Å². The predicted molar refractivity (Wildman–Crippen MR) is 58.9 cm³/mol. The van der Waals surface area contributed by atoms with Crippen LogP contribution in [0, 0.1) is 27.7 Å². The summed E-state index contributed by atoms with van der Waals surface area (Å²) in [4.78, 5) is 0. The van der Waals surface area contributed by atoms with Crippen molar-refractivity contribution in [3.8, 4) is 0 Å². The highest BCUT2D eigenvalue weighted by Gasteiger charge is 2.00. The van der Waals surface area contributed by atoms with Crippen molar-refractivity contribution in [2.24, 2.45) is 0 Å². The van der Waals surface area contributed by atoms with Crippen molar-refractivity contribution < 1.29 is 0 Å². The number of hydrogen-bond acceptors (Lipinski definition) is 0. The molecule has 1 rings (SSSR count). The summed E-state index contributed by atoms with van der Waals surface area (Å²) in [6.45, 7) is 10.2. The Kier molecular flexibility index (Phi) is 3.30. The maximum atomic E-state index is 3.69. The quantitative estimate of drug-likeness (QED) is 0.641. The Bertz CT molecular complexity index is 319. The van der Waals surface area contributed by atoms with Crippen molar-refractivity contribution in [1.29, 1.82) is 0 Å². The molecule has 0 bridgehead atoms. The third kappa shape index (κ3) is 2.45. The van der Waals surface area contributed by atoms with Gasteiger partial charge in [0.05, 0.1) is 0 Å². The second-order valence-corrected chi connectivity index (χ2v) is 3.54. The predicted octanol–water partition coefficient (Wildman–Crippen LogP) is 3.54. The van der Waals surface area contributed by atoms with Crippen LogP contribution in [0.4, 0.5) is 0 Å². The van der Waals surface area contributed by atoms with E-state index in [4.69, 9.17) is 0 Å². The first-order valence-electron chi connectivity index (χ1n) is 4.66. The third-order valence-electron chi connectivity index (χ3n) is 2.42. The Hall–Kier alpha value is -1.04. The molecule has 0 aromatic heterocycles. The number of rotatable bonds is 2. The van der Waals surface area contributed by atoms with Crippen LogP contribution in [0.3, 0.4) is 0 Å². The summed E-state index contributed by atoms with van der Waals surface area (Å²) in [6, 6.07) is 4.48. The van der Waals surface area contributed by atoms with Crippen molar-refractivity contribution in [3.05, 3.63) is 53.5 Å². The molecule has 0 atom stereocenters. The summed E-state index contributed by atoms with van der Waals surface area (Å²) in [5, 5.41) is 0. The summed E-state index contributed by atoms with van der Waals surface area (Å²) in [7, 11) is 0. The Balaban J connectivity index is 3.05. The molecule has 0 amide bonds. The van der Waals surface area contributed by atoms with E-state index in [9.17, 15) is 0 Å². The maximum absolute atomic E-state index is 3.69. The first-order valence-corrected chi connectivity index (χ1v) is 4.66. The van der Waals surface area contributed by atoms with E-state index < -0.39 is 0 Å². The van der Waals surface area contributed by atoms with E-state index in [-0.39, 0.29) is 0 Å². The molecule has 0 spiro atoms. The van der Waals surface area contributed by atoms with Crippen molar-refractivity contribution in [2.75, 3.05) is 0 Å². The van der Waals surface area contributed by atoms with Gasteiger partial charge in [0.25, 0.3) is 0 Å². The third-order valence-corrected chi connectivity index (χ3v) is 2.42. The van der Waals surface area contributed by atoms with E-state index in [0.29, 0.717) is 0 Å². The highest BCUT2D eigenvalue weighted by atomic mass is 14.1. The first kappa shape index (κ1) is 10.0. The van der Waals surface area contributed by atoms with Crippen LogP contribution in [0.2, 0.25) is 0 Å². The molecule has 1 aromatic carbocycles. The average Bonchev–Trinajstić information content (AvgIpc) is 2.09. The largest absolute Gasteiger partial charge is 0.0879 e. The van der Waals surface area contributed by atoms with Crippen molar-refractivity contribution in [1.82, 2.24) is 0 Å².